The monoisotopic (exact) mass is 304 g/mol. The Hall–Kier alpha value is -1.27. The van der Waals surface area contributed by atoms with Gasteiger partial charge >= 0.3 is 0 Å². The standard InChI is InChI=1S/C12H17ClN2O3S/c1-12(2,3)11(16)14-8-5-6-10(9(13)7-8)15-19(4,17)18/h5-7,15H,1-4H3,(H,14,16). The van der Waals surface area contributed by atoms with Crippen LogP contribution in [0.2, 0.25) is 5.02 Å². The maximum atomic E-state index is 11.8. The molecule has 19 heavy (non-hydrogen) atoms. The van der Waals surface area contributed by atoms with E-state index in [0.29, 0.717) is 5.69 Å². The first-order valence-electron chi connectivity index (χ1n) is 5.58. The highest BCUT2D eigenvalue weighted by molar-refractivity contribution is 7.92. The summed E-state index contributed by atoms with van der Waals surface area (Å²) in [4.78, 5) is 11.8. The zero-order valence-corrected chi connectivity index (χ0v) is 12.8. The van der Waals surface area contributed by atoms with Gasteiger partial charge in [0.25, 0.3) is 0 Å². The molecule has 0 aliphatic heterocycles. The van der Waals surface area contributed by atoms with E-state index in [2.05, 4.69) is 10.0 Å². The predicted octanol–water partition coefficient (Wildman–Crippen LogP) is 2.70. The number of benzene rings is 1. The first-order valence-corrected chi connectivity index (χ1v) is 7.85. The third-order valence-electron chi connectivity index (χ3n) is 2.20. The molecule has 0 bridgehead atoms. The average molecular weight is 305 g/mol. The van der Waals surface area contributed by atoms with Crippen LogP contribution in [0.1, 0.15) is 20.8 Å². The lowest BCUT2D eigenvalue weighted by molar-refractivity contribution is -0.123. The molecule has 2 N–H and O–H groups in total. The Morgan fingerprint density at radius 2 is 1.84 bits per heavy atom. The fraction of sp³-hybridized carbons (Fsp3) is 0.417. The second-order valence-electron chi connectivity index (χ2n) is 5.27. The molecule has 106 valence electrons. The van der Waals surface area contributed by atoms with Crippen LogP contribution in [0.15, 0.2) is 18.2 Å². The molecule has 0 saturated heterocycles. The minimum atomic E-state index is -3.38. The molecule has 0 atom stereocenters. The summed E-state index contributed by atoms with van der Waals surface area (Å²) in [5.41, 5.74) is 0.276. The number of halogens is 1. The van der Waals surface area contributed by atoms with E-state index in [4.69, 9.17) is 11.6 Å². The Morgan fingerprint density at radius 3 is 2.26 bits per heavy atom. The third-order valence-corrected chi connectivity index (χ3v) is 3.11. The molecule has 1 aromatic carbocycles. The van der Waals surface area contributed by atoms with Crippen molar-refractivity contribution in [3.8, 4) is 0 Å². The van der Waals surface area contributed by atoms with Gasteiger partial charge in [-0.3, -0.25) is 9.52 Å². The summed E-state index contributed by atoms with van der Waals surface area (Å²) in [5, 5.41) is 2.93. The molecule has 0 unspecified atom stereocenters. The normalized spacial score (nSPS) is 12.1. The number of rotatable bonds is 3. The number of carbonyl (C=O) groups excluding carboxylic acids is 1. The molecule has 0 radical (unpaired) electrons. The van der Waals surface area contributed by atoms with E-state index in [9.17, 15) is 13.2 Å². The quantitative estimate of drug-likeness (QED) is 0.901. The molecule has 0 heterocycles. The van der Waals surface area contributed by atoms with Crippen LogP contribution >= 0.6 is 11.6 Å². The van der Waals surface area contributed by atoms with Crippen molar-refractivity contribution in [1.82, 2.24) is 0 Å². The summed E-state index contributed by atoms with van der Waals surface area (Å²) in [6.07, 6.45) is 1.04. The summed E-state index contributed by atoms with van der Waals surface area (Å²) in [6.45, 7) is 5.39. The third kappa shape index (κ3) is 5.08. The molecule has 1 aromatic rings. The fourth-order valence-electron chi connectivity index (χ4n) is 1.19. The van der Waals surface area contributed by atoms with Crippen molar-refractivity contribution in [2.24, 2.45) is 5.41 Å². The van der Waals surface area contributed by atoms with E-state index in [1.165, 1.54) is 12.1 Å². The van der Waals surface area contributed by atoms with Crippen LogP contribution in [0.4, 0.5) is 11.4 Å². The highest BCUT2D eigenvalue weighted by atomic mass is 35.5. The van der Waals surface area contributed by atoms with Crippen molar-refractivity contribution in [2.45, 2.75) is 20.8 Å². The van der Waals surface area contributed by atoms with Crippen LogP contribution in [0.25, 0.3) is 0 Å². The van der Waals surface area contributed by atoms with E-state index in [1.807, 2.05) is 0 Å². The molecular formula is C12H17ClN2O3S. The highest BCUT2D eigenvalue weighted by Crippen LogP contribution is 2.27. The lowest BCUT2D eigenvalue weighted by atomic mass is 9.95. The van der Waals surface area contributed by atoms with Crippen molar-refractivity contribution < 1.29 is 13.2 Å². The van der Waals surface area contributed by atoms with Crippen molar-refractivity contribution in [3.63, 3.8) is 0 Å². The fourth-order valence-corrected chi connectivity index (χ4v) is 2.06. The largest absolute Gasteiger partial charge is 0.326 e. The van der Waals surface area contributed by atoms with Gasteiger partial charge in [0, 0.05) is 11.1 Å². The van der Waals surface area contributed by atoms with Gasteiger partial charge in [0.05, 0.1) is 17.0 Å². The number of sulfonamides is 1. The second kappa shape index (κ2) is 5.38. The summed E-state index contributed by atoms with van der Waals surface area (Å²) < 4.78 is 24.5. The van der Waals surface area contributed by atoms with Gasteiger partial charge in [-0.2, -0.15) is 0 Å². The molecule has 0 spiro atoms. The summed E-state index contributed by atoms with van der Waals surface area (Å²) in [7, 11) is -3.38. The van der Waals surface area contributed by atoms with E-state index in [1.54, 1.807) is 26.8 Å². The summed E-state index contributed by atoms with van der Waals surface area (Å²) in [5.74, 6) is -0.146. The van der Waals surface area contributed by atoms with Crippen LogP contribution in [0.5, 0.6) is 0 Å². The second-order valence-corrected chi connectivity index (χ2v) is 7.43. The number of nitrogens with one attached hydrogen (secondary N) is 2. The Kier molecular flexibility index (Phi) is 4.47. The topological polar surface area (TPSA) is 75.3 Å². The predicted molar refractivity (Wildman–Crippen MR) is 78.0 cm³/mol. The highest BCUT2D eigenvalue weighted by Gasteiger charge is 2.21. The van der Waals surface area contributed by atoms with Crippen molar-refractivity contribution in [1.29, 1.82) is 0 Å². The molecule has 7 heteroatoms. The minimum absolute atomic E-state index is 0.146. The molecule has 0 aliphatic rings. The number of anilines is 2. The lowest BCUT2D eigenvalue weighted by Crippen LogP contribution is -2.27. The van der Waals surface area contributed by atoms with Crippen LogP contribution in [0, 0.1) is 5.41 Å². The molecular weight excluding hydrogens is 288 g/mol. The average Bonchev–Trinajstić information content (AvgIpc) is 2.19. The van der Waals surface area contributed by atoms with Gasteiger partial charge in [-0.25, -0.2) is 8.42 Å². The smallest absolute Gasteiger partial charge is 0.229 e. The van der Waals surface area contributed by atoms with Crippen molar-refractivity contribution in [3.05, 3.63) is 23.2 Å². The number of carbonyl (C=O) groups is 1. The SMILES string of the molecule is CC(C)(C)C(=O)Nc1ccc(NS(C)(=O)=O)c(Cl)c1. The Labute approximate surface area is 118 Å². The lowest BCUT2D eigenvalue weighted by Gasteiger charge is -2.18. The number of hydrogen-bond acceptors (Lipinski definition) is 3. The molecule has 0 aliphatic carbocycles. The molecule has 1 rings (SSSR count). The van der Waals surface area contributed by atoms with Crippen LogP contribution in [-0.4, -0.2) is 20.6 Å². The van der Waals surface area contributed by atoms with Gasteiger partial charge in [0.1, 0.15) is 0 Å². The van der Waals surface area contributed by atoms with Crippen LogP contribution < -0.4 is 10.0 Å². The van der Waals surface area contributed by atoms with Gasteiger partial charge in [-0.1, -0.05) is 32.4 Å². The molecule has 1 amide bonds. The molecule has 0 aromatic heterocycles. The first kappa shape index (κ1) is 15.8. The zero-order valence-electron chi connectivity index (χ0n) is 11.2. The molecule has 0 saturated carbocycles. The van der Waals surface area contributed by atoms with E-state index < -0.39 is 15.4 Å². The van der Waals surface area contributed by atoms with Crippen LogP contribution in [0.3, 0.4) is 0 Å². The van der Waals surface area contributed by atoms with E-state index in [0.717, 1.165) is 6.26 Å². The van der Waals surface area contributed by atoms with Gasteiger partial charge < -0.3 is 5.32 Å². The summed E-state index contributed by atoms with van der Waals surface area (Å²) in [6, 6.07) is 4.59. The maximum absolute atomic E-state index is 11.8. The Bertz CT molecular complexity index is 591. The maximum Gasteiger partial charge on any atom is 0.229 e. The van der Waals surface area contributed by atoms with Gasteiger partial charge in [0.2, 0.25) is 15.9 Å². The Morgan fingerprint density at radius 1 is 1.26 bits per heavy atom. The van der Waals surface area contributed by atoms with E-state index in [-0.39, 0.29) is 16.6 Å². The zero-order chi connectivity index (χ0) is 14.8. The van der Waals surface area contributed by atoms with Gasteiger partial charge in [-0.05, 0) is 18.2 Å². The van der Waals surface area contributed by atoms with Crippen molar-refractivity contribution in [2.75, 3.05) is 16.3 Å². The number of amides is 1. The van der Waals surface area contributed by atoms with Gasteiger partial charge in [0.15, 0.2) is 0 Å². The summed E-state index contributed by atoms with van der Waals surface area (Å²) >= 11 is 5.95. The van der Waals surface area contributed by atoms with Crippen LogP contribution in [-0.2, 0) is 14.8 Å². The Balaban J connectivity index is 2.92. The van der Waals surface area contributed by atoms with Gasteiger partial charge in [-0.15, -0.1) is 0 Å². The first-order chi connectivity index (χ1) is 8.49. The minimum Gasteiger partial charge on any atom is -0.326 e. The van der Waals surface area contributed by atoms with E-state index >= 15 is 0 Å². The molecule has 5 nitrogen and oxygen atoms in total. The van der Waals surface area contributed by atoms with Crippen molar-refractivity contribution >= 4 is 38.9 Å². The molecule has 0 fully saturated rings. The number of hydrogen-bond donors (Lipinski definition) is 2.